The molecule has 2 aromatic carbocycles. The van der Waals surface area contributed by atoms with E-state index in [1.165, 1.54) is 0 Å². The second-order valence-corrected chi connectivity index (χ2v) is 8.40. The molecule has 0 radical (unpaired) electrons. The Balaban J connectivity index is 1.61. The van der Waals surface area contributed by atoms with Gasteiger partial charge in [-0.3, -0.25) is 9.78 Å². The van der Waals surface area contributed by atoms with Crippen molar-refractivity contribution in [2.75, 3.05) is 24.5 Å². The lowest BCUT2D eigenvalue weighted by molar-refractivity contribution is -0.131. The van der Waals surface area contributed by atoms with E-state index in [0.717, 1.165) is 27.5 Å². The molecule has 1 fully saturated rings. The summed E-state index contributed by atoms with van der Waals surface area (Å²) in [5.74, 6) is 0.0855. The minimum Gasteiger partial charge on any atom is -0.360 e. The summed E-state index contributed by atoms with van der Waals surface area (Å²) in [7, 11) is 0. The lowest BCUT2D eigenvalue weighted by Gasteiger charge is -2.43. The lowest BCUT2D eigenvalue weighted by atomic mass is 10.0. The first-order chi connectivity index (χ1) is 14.5. The van der Waals surface area contributed by atoms with Crippen molar-refractivity contribution in [3.8, 4) is 0 Å². The Morgan fingerprint density at radius 1 is 1.07 bits per heavy atom. The number of anilines is 1. The highest BCUT2D eigenvalue weighted by Crippen LogP contribution is 2.36. The highest BCUT2D eigenvalue weighted by molar-refractivity contribution is 6.33. The van der Waals surface area contributed by atoms with Gasteiger partial charge in [0.2, 0.25) is 5.91 Å². The predicted octanol–water partition coefficient (Wildman–Crippen LogP) is 5.33. The fourth-order valence-electron chi connectivity index (χ4n) is 3.88. The van der Waals surface area contributed by atoms with Crippen molar-refractivity contribution in [2.45, 2.75) is 19.4 Å². The largest absolute Gasteiger partial charge is 0.360 e. The molecule has 3 aromatic rings. The topological polar surface area (TPSA) is 36.4 Å². The first-order valence-corrected chi connectivity index (χ1v) is 10.7. The first kappa shape index (κ1) is 20.7. The van der Waals surface area contributed by atoms with Crippen LogP contribution >= 0.6 is 23.2 Å². The fourth-order valence-corrected chi connectivity index (χ4v) is 4.35. The summed E-state index contributed by atoms with van der Waals surface area (Å²) in [5, 5.41) is 1.42. The maximum Gasteiger partial charge on any atom is 0.228 e. The van der Waals surface area contributed by atoms with Crippen LogP contribution < -0.4 is 4.90 Å². The van der Waals surface area contributed by atoms with Crippen molar-refractivity contribution in [1.82, 2.24) is 9.88 Å². The van der Waals surface area contributed by atoms with E-state index in [2.05, 4.69) is 22.0 Å². The molecule has 30 heavy (non-hydrogen) atoms. The molecule has 0 spiro atoms. The molecule has 4 rings (SSSR count). The monoisotopic (exact) mass is 439 g/mol. The van der Waals surface area contributed by atoms with E-state index in [1.54, 1.807) is 6.20 Å². The Hall–Kier alpha value is -2.56. The molecule has 0 aliphatic carbocycles. The van der Waals surface area contributed by atoms with Crippen LogP contribution in [0.2, 0.25) is 10.0 Å². The Kier molecular flexibility index (Phi) is 6.26. The Morgan fingerprint density at radius 2 is 1.87 bits per heavy atom. The zero-order chi connectivity index (χ0) is 21.1. The van der Waals surface area contributed by atoms with E-state index < -0.39 is 0 Å². The van der Waals surface area contributed by atoms with Crippen molar-refractivity contribution in [3.63, 3.8) is 0 Å². The van der Waals surface area contributed by atoms with Crippen LogP contribution in [0.4, 0.5) is 5.69 Å². The maximum atomic E-state index is 13.0. The smallest absolute Gasteiger partial charge is 0.228 e. The molecule has 0 unspecified atom stereocenters. The average molecular weight is 440 g/mol. The molecular formula is C24H23Cl2N3O. The number of benzene rings is 2. The van der Waals surface area contributed by atoms with Gasteiger partial charge in [0, 0.05) is 36.5 Å². The van der Waals surface area contributed by atoms with Gasteiger partial charge in [0.15, 0.2) is 0 Å². The minimum atomic E-state index is -0.0103. The Morgan fingerprint density at radius 3 is 2.57 bits per heavy atom. The second kappa shape index (κ2) is 9.07. The minimum absolute atomic E-state index is 0.0103. The number of hydrogen-bond acceptors (Lipinski definition) is 3. The molecule has 2 heterocycles. The maximum absolute atomic E-state index is 13.0. The van der Waals surface area contributed by atoms with Gasteiger partial charge in [0.1, 0.15) is 0 Å². The van der Waals surface area contributed by atoms with Crippen molar-refractivity contribution in [2.24, 2.45) is 0 Å². The normalized spacial score (nSPS) is 16.6. The van der Waals surface area contributed by atoms with E-state index in [-0.39, 0.29) is 11.9 Å². The molecule has 1 aromatic heterocycles. The van der Waals surface area contributed by atoms with Gasteiger partial charge in [-0.25, -0.2) is 0 Å². The van der Waals surface area contributed by atoms with Gasteiger partial charge in [0.25, 0.3) is 0 Å². The van der Waals surface area contributed by atoms with Crippen LogP contribution in [0, 0.1) is 6.92 Å². The summed E-state index contributed by atoms with van der Waals surface area (Å²) >= 11 is 12.7. The number of pyridine rings is 1. The van der Waals surface area contributed by atoms with Crippen LogP contribution in [-0.4, -0.2) is 35.4 Å². The van der Waals surface area contributed by atoms with Gasteiger partial charge in [-0.05, 0) is 54.4 Å². The summed E-state index contributed by atoms with van der Waals surface area (Å²) in [4.78, 5) is 21.5. The van der Waals surface area contributed by atoms with E-state index in [4.69, 9.17) is 23.2 Å². The van der Waals surface area contributed by atoms with E-state index in [0.29, 0.717) is 31.1 Å². The number of carbonyl (C=O) groups excluding carboxylic acids is 1. The van der Waals surface area contributed by atoms with Gasteiger partial charge in [-0.1, -0.05) is 47.5 Å². The second-order valence-electron chi connectivity index (χ2n) is 7.55. The third kappa shape index (κ3) is 4.61. The summed E-state index contributed by atoms with van der Waals surface area (Å²) < 4.78 is 0. The molecule has 4 nitrogen and oxygen atoms in total. The lowest BCUT2D eigenvalue weighted by Crippen LogP contribution is -2.51. The number of aryl methyl sites for hydroxylation is 1. The molecule has 6 heteroatoms. The number of amides is 1. The fraction of sp³-hybridized carbons (Fsp3) is 0.250. The molecular weight excluding hydrogens is 417 g/mol. The summed E-state index contributed by atoms with van der Waals surface area (Å²) in [5.41, 5.74) is 4.00. The number of aromatic nitrogens is 1. The van der Waals surface area contributed by atoms with Gasteiger partial charge < -0.3 is 9.80 Å². The third-order valence-corrected chi connectivity index (χ3v) is 6.01. The highest BCUT2D eigenvalue weighted by atomic mass is 35.5. The molecule has 1 amide bonds. The number of hydrogen-bond donors (Lipinski definition) is 0. The highest BCUT2D eigenvalue weighted by Gasteiger charge is 2.31. The molecule has 0 saturated carbocycles. The van der Waals surface area contributed by atoms with Crippen molar-refractivity contribution >= 4 is 34.8 Å². The number of piperazine rings is 1. The van der Waals surface area contributed by atoms with E-state index >= 15 is 0 Å². The number of carbonyl (C=O) groups is 1. The van der Waals surface area contributed by atoms with Crippen molar-refractivity contribution in [1.29, 1.82) is 0 Å². The summed E-state index contributed by atoms with van der Waals surface area (Å²) in [6, 6.07) is 19.6. The molecule has 0 N–H and O–H groups in total. The van der Waals surface area contributed by atoms with Crippen LogP contribution in [0.25, 0.3) is 0 Å². The van der Waals surface area contributed by atoms with Crippen LogP contribution in [0.3, 0.4) is 0 Å². The van der Waals surface area contributed by atoms with Gasteiger partial charge in [-0.15, -0.1) is 0 Å². The molecule has 1 atom stereocenters. The first-order valence-electron chi connectivity index (χ1n) is 9.97. The zero-order valence-electron chi connectivity index (χ0n) is 16.8. The van der Waals surface area contributed by atoms with Gasteiger partial charge in [0.05, 0.1) is 23.2 Å². The molecule has 154 valence electrons. The summed E-state index contributed by atoms with van der Waals surface area (Å²) in [6.45, 7) is 3.95. The number of halogens is 2. The summed E-state index contributed by atoms with van der Waals surface area (Å²) in [6.07, 6.45) is 2.02. The van der Waals surface area contributed by atoms with Crippen LogP contribution in [0.1, 0.15) is 22.9 Å². The predicted molar refractivity (Wildman–Crippen MR) is 122 cm³/mol. The number of rotatable bonds is 4. The SMILES string of the molecule is Cc1ccc(N2CCN(C(=O)Cc3ccccn3)C[C@H]2c2ccc(Cl)cc2)c(Cl)c1. The standard InChI is InChI=1S/C24H23Cl2N3O/c1-17-5-10-22(21(26)14-17)29-13-12-28(24(30)15-20-4-2-3-11-27-20)16-23(29)18-6-8-19(25)9-7-18/h2-11,14,23H,12-13,15-16H2,1H3/t23-/m0/s1. The molecule has 1 saturated heterocycles. The Bertz CT molecular complexity index is 1020. The average Bonchev–Trinajstić information content (AvgIpc) is 2.75. The van der Waals surface area contributed by atoms with E-state index in [9.17, 15) is 4.79 Å². The van der Waals surface area contributed by atoms with E-state index in [1.807, 2.05) is 60.4 Å². The Labute approximate surface area is 187 Å². The third-order valence-electron chi connectivity index (χ3n) is 5.46. The number of nitrogens with zero attached hydrogens (tertiary/aromatic N) is 3. The van der Waals surface area contributed by atoms with Gasteiger partial charge >= 0.3 is 0 Å². The van der Waals surface area contributed by atoms with Crippen LogP contribution in [0.15, 0.2) is 66.9 Å². The van der Waals surface area contributed by atoms with Crippen LogP contribution in [0.5, 0.6) is 0 Å². The molecule has 0 bridgehead atoms. The zero-order valence-corrected chi connectivity index (χ0v) is 18.3. The van der Waals surface area contributed by atoms with Crippen LogP contribution in [-0.2, 0) is 11.2 Å². The molecule has 1 aliphatic rings. The quantitative estimate of drug-likeness (QED) is 0.550. The van der Waals surface area contributed by atoms with Crippen molar-refractivity contribution in [3.05, 3.63) is 93.7 Å². The van der Waals surface area contributed by atoms with Gasteiger partial charge in [-0.2, -0.15) is 0 Å². The van der Waals surface area contributed by atoms with Crippen molar-refractivity contribution < 1.29 is 4.79 Å². The molecule has 1 aliphatic heterocycles.